The lowest BCUT2D eigenvalue weighted by Gasteiger charge is -2.33. The predicted octanol–water partition coefficient (Wildman–Crippen LogP) is 11.6. The highest BCUT2D eigenvalue weighted by atomic mass is 16.5. The van der Waals surface area contributed by atoms with Crippen LogP contribution in [-0.2, 0) is 16.1 Å². The van der Waals surface area contributed by atoms with E-state index < -0.39 is 5.54 Å². The second-order valence-electron chi connectivity index (χ2n) is 13.6. The Morgan fingerprint density at radius 1 is 0.614 bits per heavy atom. The molecule has 0 spiro atoms. The molecular formula is C40H73NO3. The minimum Gasteiger partial charge on any atom is -0.394 e. The first-order valence-electron chi connectivity index (χ1n) is 19.2. The molecule has 0 heterocycles. The number of rotatable bonds is 33. The number of nitrogens with one attached hydrogen (secondary N) is 1. The molecule has 0 fully saturated rings. The van der Waals surface area contributed by atoms with Crippen molar-refractivity contribution in [1.29, 1.82) is 0 Å². The summed E-state index contributed by atoms with van der Waals surface area (Å²) in [6, 6.07) is 10.1. The van der Waals surface area contributed by atoms with Gasteiger partial charge in [-0.25, -0.2) is 0 Å². The number of unbranched alkanes of at least 4 members (excludes halogenated alkanes) is 23. The van der Waals surface area contributed by atoms with Crippen molar-refractivity contribution in [3.05, 3.63) is 35.9 Å². The maximum Gasteiger partial charge on any atom is 0.220 e. The normalized spacial score (nSPS) is 12.8. The zero-order valence-electron chi connectivity index (χ0n) is 29.4. The Balaban J connectivity index is 2.30. The van der Waals surface area contributed by atoms with Crippen molar-refractivity contribution in [2.75, 3.05) is 13.2 Å². The third kappa shape index (κ3) is 23.9. The number of aliphatic hydroxyl groups excluding tert-OH is 1. The van der Waals surface area contributed by atoms with Crippen LogP contribution >= 0.6 is 0 Å². The molecular weight excluding hydrogens is 542 g/mol. The van der Waals surface area contributed by atoms with Gasteiger partial charge in [0.25, 0.3) is 0 Å². The summed E-state index contributed by atoms with van der Waals surface area (Å²) in [6.45, 7) is 5.32. The van der Waals surface area contributed by atoms with Crippen molar-refractivity contribution >= 4 is 5.91 Å². The minimum absolute atomic E-state index is 0.0596. The zero-order valence-corrected chi connectivity index (χ0v) is 29.4. The molecule has 1 unspecified atom stereocenters. The Morgan fingerprint density at radius 3 is 1.45 bits per heavy atom. The van der Waals surface area contributed by atoms with Crippen LogP contribution in [0.2, 0.25) is 0 Å². The summed E-state index contributed by atoms with van der Waals surface area (Å²) in [6.07, 6.45) is 33.8. The van der Waals surface area contributed by atoms with Gasteiger partial charge in [0.2, 0.25) is 5.91 Å². The monoisotopic (exact) mass is 616 g/mol. The van der Waals surface area contributed by atoms with Gasteiger partial charge < -0.3 is 15.2 Å². The first-order chi connectivity index (χ1) is 21.7. The average molecular weight is 616 g/mol. The van der Waals surface area contributed by atoms with E-state index in [1.165, 1.54) is 135 Å². The lowest BCUT2D eigenvalue weighted by atomic mass is 9.92. The summed E-state index contributed by atoms with van der Waals surface area (Å²) in [7, 11) is 0. The van der Waals surface area contributed by atoms with Gasteiger partial charge in [0.1, 0.15) is 0 Å². The Morgan fingerprint density at radius 2 is 1.02 bits per heavy atom. The van der Waals surface area contributed by atoms with Crippen LogP contribution < -0.4 is 5.32 Å². The van der Waals surface area contributed by atoms with Crippen molar-refractivity contribution in [2.24, 2.45) is 0 Å². The van der Waals surface area contributed by atoms with E-state index in [-0.39, 0.29) is 12.5 Å². The Bertz CT molecular complexity index is 739. The summed E-state index contributed by atoms with van der Waals surface area (Å²) in [5, 5.41) is 13.7. The van der Waals surface area contributed by atoms with Crippen LogP contribution in [0.1, 0.15) is 193 Å². The molecule has 1 amide bonds. The van der Waals surface area contributed by atoms with Crippen LogP contribution in [0.25, 0.3) is 0 Å². The second-order valence-corrected chi connectivity index (χ2v) is 13.6. The average Bonchev–Trinajstić information content (AvgIpc) is 3.04. The van der Waals surface area contributed by atoms with E-state index in [4.69, 9.17) is 4.74 Å². The SMILES string of the molecule is CCCCCCCCCCCCCCCC(=O)NC(CO)(CCCCCCCCCCCCCC)COCc1ccccc1. The van der Waals surface area contributed by atoms with Gasteiger partial charge in [0.15, 0.2) is 0 Å². The standard InChI is InChI=1S/C40H73NO3/c1-3-5-7-9-11-13-15-17-18-20-22-24-29-33-39(43)41-40(36-42,37-44-35-38-31-27-26-28-32-38)34-30-25-23-21-19-16-14-12-10-8-6-4-2/h26-28,31-32,42H,3-25,29-30,33-37H2,1-2H3,(H,41,43). The summed E-state index contributed by atoms with van der Waals surface area (Å²) in [5.74, 6) is 0.0596. The Labute approximate surface area is 273 Å². The molecule has 0 bridgehead atoms. The van der Waals surface area contributed by atoms with Gasteiger partial charge in [-0.3, -0.25) is 4.79 Å². The third-order valence-electron chi connectivity index (χ3n) is 9.21. The van der Waals surface area contributed by atoms with E-state index in [0.29, 0.717) is 19.6 Å². The summed E-state index contributed by atoms with van der Waals surface area (Å²) in [4.78, 5) is 13.0. The molecule has 256 valence electrons. The number of carbonyl (C=O) groups excluding carboxylic acids is 1. The van der Waals surface area contributed by atoms with Crippen molar-refractivity contribution in [3.8, 4) is 0 Å². The van der Waals surface area contributed by atoms with E-state index in [0.717, 1.165) is 37.7 Å². The van der Waals surface area contributed by atoms with Gasteiger partial charge in [-0.05, 0) is 18.4 Å². The molecule has 0 aliphatic heterocycles. The topological polar surface area (TPSA) is 58.6 Å². The number of carbonyl (C=O) groups is 1. The Kier molecular flexibility index (Phi) is 28.0. The highest BCUT2D eigenvalue weighted by Gasteiger charge is 2.31. The largest absolute Gasteiger partial charge is 0.394 e. The first kappa shape index (κ1) is 40.6. The summed E-state index contributed by atoms with van der Waals surface area (Å²) < 4.78 is 6.08. The van der Waals surface area contributed by atoms with E-state index in [1.807, 2.05) is 18.2 Å². The number of amides is 1. The van der Waals surface area contributed by atoms with E-state index >= 15 is 0 Å². The molecule has 4 nitrogen and oxygen atoms in total. The quantitative estimate of drug-likeness (QED) is 0.0773. The molecule has 44 heavy (non-hydrogen) atoms. The maximum absolute atomic E-state index is 13.0. The highest BCUT2D eigenvalue weighted by Crippen LogP contribution is 2.20. The van der Waals surface area contributed by atoms with E-state index in [1.54, 1.807) is 0 Å². The second kappa shape index (κ2) is 30.3. The van der Waals surface area contributed by atoms with Gasteiger partial charge in [-0.1, -0.05) is 198 Å². The number of hydrogen-bond donors (Lipinski definition) is 2. The molecule has 0 aliphatic rings. The van der Waals surface area contributed by atoms with Crippen LogP contribution in [0.15, 0.2) is 30.3 Å². The molecule has 2 N–H and O–H groups in total. The molecule has 1 aromatic rings. The number of benzene rings is 1. The number of ether oxygens (including phenoxy) is 1. The van der Waals surface area contributed by atoms with Crippen LogP contribution in [0.4, 0.5) is 0 Å². The predicted molar refractivity (Wildman–Crippen MR) is 190 cm³/mol. The van der Waals surface area contributed by atoms with Gasteiger partial charge in [-0.2, -0.15) is 0 Å². The first-order valence-corrected chi connectivity index (χ1v) is 19.2. The van der Waals surface area contributed by atoms with Gasteiger partial charge >= 0.3 is 0 Å². The molecule has 0 aromatic heterocycles. The highest BCUT2D eigenvalue weighted by molar-refractivity contribution is 5.76. The lowest BCUT2D eigenvalue weighted by molar-refractivity contribution is -0.125. The van der Waals surface area contributed by atoms with Crippen LogP contribution in [0, 0.1) is 0 Å². The van der Waals surface area contributed by atoms with Gasteiger partial charge in [0, 0.05) is 6.42 Å². The molecule has 0 radical (unpaired) electrons. The summed E-state index contributed by atoms with van der Waals surface area (Å²) >= 11 is 0. The smallest absolute Gasteiger partial charge is 0.220 e. The lowest BCUT2D eigenvalue weighted by Crippen LogP contribution is -2.54. The molecule has 0 saturated carbocycles. The molecule has 0 saturated heterocycles. The molecule has 4 heteroatoms. The van der Waals surface area contributed by atoms with E-state index in [9.17, 15) is 9.90 Å². The van der Waals surface area contributed by atoms with Crippen molar-refractivity contribution in [2.45, 2.75) is 199 Å². The molecule has 1 rings (SSSR count). The molecule has 1 aromatic carbocycles. The fraction of sp³-hybridized carbons (Fsp3) is 0.825. The van der Waals surface area contributed by atoms with Crippen molar-refractivity contribution < 1.29 is 14.6 Å². The van der Waals surface area contributed by atoms with Crippen LogP contribution in [0.3, 0.4) is 0 Å². The van der Waals surface area contributed by atoms with E-state index in [2.05, 4.69) is 31.3 Å². The molecule has 1 atom stereocenters. The van der Waals surface area contributed by atoms with Gasteiger partial charge in [0.05, 0.1) is 25.4 Å². The Hall–Kier alpha value is -1.39. The summed E-state index contributed by atoms with van der Waals surface area (Å²) in [5.41, 5.74) is 0.420. The minimum atomic E-state index is -0.694. The van der Waals surface area contributed by atoms with Crippen molar-refractivity contribution in [3.63, 3.8) is 0 Å². The molecule has 0 aliphatic carbocycles. The third-order valence-corrected chi connectivity index (χ3v) is 9.21. The van der Waals surface area contributed by atoms with Crippen LogP contribution in [0.5, 0.6) is 0 Å². The van der Waals surface area contributed by atoms with Crippen LogP contribution in [-0.4, -0.2) is 29.8 Å². The maximum atomic E-state index is 13.0. The number of aliphatic hydroxyl groups is 1. The number of hydrogen-bond acceptors (Lipinski definition) is 3. The van der Waals surface area contributed by atoms with Crippen molar-refractivity contribution in [1.82, 2.24) is 5.32 Å². The fourth-order valence-corrected chi connectivity index (χ4v) is 6.24. The zero-order chi connectivity index (χ0) is 31.8. The van der Waals surface area contributed by atoms with Gasteiger partial charge in [-0.15, -0.1) is 0 Å². The fourth-order valence-electron chi connectivity index (χ4n) is 6.24.